The molecule has 3 nitrogen and oxygen atoms in total. The van der Waals surface area contributed by atoms with E-state index in [0.29, 0.717) is 0 Å². The summed E-state index contributed by atoms with van der Waals surface area (Å²) in [6.45, 7) is 11.4. The van der Waals surface area contributed by atoms with E-state index in [9.17, 15) is 0 Å². The highest BCUT2D eigenvalue weighted by molar-refractivity contribution is 5.54. The summed E-state index contributed by atoms with van der Waals surface area (Å²) < 4.78 is 19.6. The van der Waals surface area contributed by atoms with E-state index in [2.05, 4.69) is 39.8 Å². The first kappa shape index (κ1) is 50.6. The van der Waals surface area contributed by atoms with Crippen molar-refractivity contribution in [2.24, 2.45) is 0 Å². The van der Waals surface area contributed by atoms with E-state index in [4.69, 9.17) is 14.2 Å². The van der Waals surface area contributed by atoms with Crippen molar-refractivity contribution in [3.05, 3.63) is 17.7 Å². The smallest absolute Gasteiger partial charge is 0.203 e. The van der Waals surface area contributed by atoms with Crippen LogP contribution < -0.4 is 14.2 Å². The van der Waals surface area contributed by atoms with Gasteiger partial charge in [-0.1, -0.05) is 246 Å². The van der Waals surface area contributed by atoms with E-state index >= 15 is 0 Å². The van der Waals surface area contributed by atoms with E-state index in [0.717, 1.165) is 69.2 Å². The second kappa shape index (κ2) is 41.3. The Hall–Kier alpha value is -1.38. The first-order chi connectivity index (χ1) is 26.8. The predicted molar refractivity (Wildman–Crippen MR) is 240 cm³/mol. The van der Waals surface area contributed by atoms with Crippen LogP contribution >= 0.6 is 0 Å². The molecule has 0 aliphatic carbocycles. The Labute approximate surface area is 339 Å². The van der Waals surface area contributed by atoms with Gasteiger partial charge in [0.25, 0.3) is 0 Å². The molecule has 0 N–H and O–H groups in total. The summed E-state index contributed by atoms with van der Waals surface area (Å²) in [5, 5.41) is 0. The fourth-order valence-electron chi connectivity index (χ4n) is 7.79. The molecule has 1 aromatic carbocycles. The summed E-state index contributed by atoms with van der Waals surface area (Å²) in [6.07, 6.45) is 51.1. The first-order valence-corrected chi connectivity index (χ1v) is 24.8. The maximum Gasteiger partial charge on any atom is 0.203 e. The Morgan fingerprint density at radius 3 is 0.778 bits per heavy atom. The average molecular weight is 757 g/mol. The number of aryl methyl sites for hydroxylation is 1. The Balaban J connectivity index is 2.54. The van der Waals surface area contributed by atoms with Crippen LogP contribution in [0.25, 0.3) is 0 Å². The molecule has 0 heterocycles. The van der Waals surface area contributed by atoms with Crippen LogP contribution in [0, 0.1) is 0 Å². The third-order valence-corrected chi connectivity index (χ3v) is 11.4. The van der Waals surface area contributed by atoms with Crippen LogP contribution in [0.15, 0.2) is 12.1 Å². The molecule has 0 saturated heterocycles. The van der Waals surface area contributed by atoms with Gasteiger partial charge in [0.05, 0.1) is 19.8 Å². The van der Waals surface area contributed by atoms with Gasteiger partial charge in [-0.05, 0) is 43.4 Å². The van der Waals surface area contributed by atoms with Gasteiger partial charge in [-0.2, -0.15) is 0 Å². The first-order valence-electron chi connectivity index (χ1n) is 24.8. The van der Waals surface area contributed by atoms with Crippen molar-refractivity contribution in [1.82, 2.24) is 0 Å². The second-order valence-electron chi connectivity index (χ2n) is 16.9. The number of rotatable bonds is 44. The van der Waals surface area contributed by atoms with E-state index in [1.54, 1.807) is 0 Å². The van der Waals surface area contributed by atoms with Gasteiger partial charge in [0.2, 0.25) is 5.75 Å². The minimum atomic E-state index is 0.745. The van der Waals surface area contributed by atoms with Gasteiger partial charge < -0.3 is 14.2 Å². The standard InChI is InChI=1S/C51H96O3/c1-5-9-12-15-18-21-24-27-30-33-36-39-43-52-49-46-48(42-8-4)47-50(53-44-40-37-34-31-28-25-22-19-16-13-10-6-2)51(49)54-45-41-38-35-32-29-26-23-20-17-14-11-7-3/h46-47H,5-45H2,1-4H3. The minimum absolute atomic E-state index is 0.745. The Morgan fingerprint density at radius 1 is 0.278 bits per heavy atom. The molecular weight excluding hydrogens is 661 g/mol. The van der Waals surface area contributed by atoms with Crippen molar-refractivity contribution in [2.45, 2.75) is 272 Å². The highest BCUT2D eigenvalue weighted by Gasteiger charge is 2.16. The van der Waals surface area contributed by atoms with Crippen molar-refractivity contribution in [2.75, 3.05) is 19.8 Å². The Bertz CT molecular complexity index is 830. The molecule has 3 heteroatoms. The molecular formula is C51H96O3. The second-order valence-corrected chi connectivity index (χ2v) is 16.9. The van der Waals surface area contributed by atoms with Crippen LogP contribution in [0.4, 0.5) is 0 Å². The normalized spacial score (nSPS) is 11.4. The Morgan fingerprint density at radius 2 is 0.519 bits per heavy atom. The molecule has 0 radical (unpaired) electrons. The summed E-state index contributed by atoms with van der Waals surface area (Å²) in [7, 11) is 0. The van der Waals surface area contributed by atoms with Gasteiger partial charge in [0, 0.05) is 0 Å². The lowest BCUT2D eigenvalue weighted by Crippen LogP contribution is -2.07. The van der Waals surface area contributed by atoms with E-state index in [1.807, 2.05) is 0 Å². The number of hydrogen-bond donors (Lipinski definition) is 0. The third-order valence-electron chi connectivity index (χ3n) is 11.4. The topological polar surface area (TPSA) is 27.7 Å². The van der Waals surface area contributed by atoms with Crippen molar-refractivity contribution in [3.8, 4) is 17.2 Å². The molecule has 0 amide bonds. The van der Waals surface area contributed by atoms with Crippen molar-refractivity contribution < 1.29 is 14.2 Å². The SMILES string of the molecule is CCCCCCCCCCCCCCOc1cc(CCC)cc(OCCCCCCCCCCCCCC)c1OCCCCCCCCCCCCCC. The predicted octanol–water partition coefficient (Wildman–Crippen LogP) is 17.9. The molecule has 318 valence electrons. The van der Waals surface area contributed by atoms with Gasteiger partial charge >= 0.3 is 0 Å². The van der Waals surface area contributed by atoms with Gasteiger partial charge in [-0.3, -0.25) is 0 Å². The van der Waals surface area contributed by atoms with Crippen molar-refractivity contribution in [3.63, 3.8) is 0 Å². The zero-order valence-electron chi connectivity index (χ0n) is 37.4. The summed E-state index contributed by atoms with van der Waals surface area (Å²) in [5.41, 5.74) is 1.31. The molecule has 0 aromatic heterocycles. The number of unbranched alkanes of at least 4 members (excludes halogenated alkanes) is 33. The lowest BCUT2D eigenvalue weighted by Gasteiger charge is -2.19. The van der Waals surface area contributed by atoms with E-state index < -0.39 is 0 Å². The summed E-state index contributed by atoms with van der Waals surface area (Å²) in [5.74, 6) is 2.68. The third kappa shape index (κ3) is 31.8. The van der Waals surface area contributed by atoms with Crippen LogP contribution in [0.3, 0.4) is 0 Å². The van der Waals surface area contributed by atoms with Gasteiger partial charge in [-0.25, -0.2) is 0 Å². The maximum atomic E-state index is 6.57. The Kier molecular flexibility index (Phi) is 38.7. The van der Waals surface area contributed by atoms with Crippen LogP contribution in [0.2, 0.25) is 0 Å². The number of ether oxygens (including phenoxy) is 3. The molecule has 0 unspecified atom stereocenters. The zero-order chi connectivity index (χ0) is 38.8. The molecule has 0 spiro atoms. The van der Waals surface area contributed by atoms with Gasteiger partial charge in [-0.15, -0.1) is 0 Å². The molecule has 0 aliphatic rings. The van der Waals surface area contributed by atoms with Crippen LogP contribution in [-0.2, 0) is 6.42 Å². The molecule has 0 bridgehead atoms. The summed E-state index contributed by atoms with van der Waals surface area (Å²) in [4.78, 5) is 0. The number of hydrogen-bond acceptors (Lipinski definition) is 3. The highest BCUT2D eigenvalue weighted by atomic mass is 16.5. The van der Waals surface area contributed by atoms with Crippen molar-refractivity contribution >= 4 is 0 Å². The fraction of sp³-hybridized carbons (Fsp3) is 0.882. The van der Waals surface area contributed by atoms with E-state index in [-0.39, 0.29) is 0 Å². The lowest BCUT2D eigenvalue weighted by molar-refractivity contribution is 0.234. The molecule has 54 heavy (non-hydrogen) atoms. The van der Waals surface area contributed by atoms with Gasteiger partial charge in [0.15, 0.2) is 11.5 Å². The highest BCUT2D eigenvalue weighted by Crippen LogP contribution is 2.40. The number of benzene rings is 1. The van der Waals surface area contributed by atoms with Crippen LogP contribution in [0.1, 0.15) is 271 Å². The molecule has 0 atom stereocenters. The monoisotopic (exact) mass is 757 g/mol. The van der Waals surface area contributed by atoms with Crippen LogP contribution in [0.5, 0.6) is 17.2 Å². The quantitative estimate of drug-likeness (QED) is 0.0621. The lowest BCUT2D eigenvalue weighted by atomic mass is 10.1. The van der Waals surface area contributed by atoms with Crippen molar-refractivity contribution in [1.29, 1.82) is 0 Å². The molecule has 1 aromatic rings. The molecule has 0 saturated carbocycles. The largest absolute Gasteiger partial charge is 0.490 e. The summed E-state index contributed by atoms with van der Waals surface area (Å²) in [6, 6.07) is 4.50. The average Bonchev–Trinajstić information content (AvgIpc) is 3.18. The zero-order valence-corrected chi connectivity index (χ0v) is 37.4. The van der Waals surface area contributed by atoms with Gasteiger partial charge in [0.1, 0.15) is 0 Å². The molecule has 0 aliphatic heterocycles. The summed E-state index contributed by atoms with van der Waals surface area (Å²) >= 11 is 0. The molecule has 1 rings (SSSR count). The maximum absolute atomic E-state index is 6.57. The van der Waals surface area contributed by atoms with E-state index in [1.165, 1.54) is 217 Å². The fourth-order valence-corrected chi connectivity index (χ4v) is 7.79. The molecule has 0 fully saturated rings. The minimum Gasteiger partial charge on any atom is -0.490 e. The van der Waals surface area contributed by atoms with Crippen LogP contribution in [-0.4, -0.2) is 19.8 Å².